The minimum atomic E-state index is -0.593. The highest BCUT2D eigenvalue weighted by molar-refractivity contribution is 6.30. The molecule has 3 N–H and O–H groups in total. The van der Waals surface area contributed by atoms with Crippen LogP contribution in [0.3, 0.4) is 0 Å². The van der Waals surface area contributed by atoms with E-state index in [0.717, 1.165) is 11.6 Å². The van der Waals surface area contributed by atoms with Gasteiger partial charge in [-0.3, -0.25) is 9.59 Å². The number of amides is 2. The predicted molar refractivity (Wildman–Crippen MR) is 102 cm³/mol. The van der Waals surface area contributed by atoms with Gasteiger partial charge in [-0.1, -0.05) is 23.8 Å². The number of dihydropyridines is 1. The van der Waals surface area contributed by atoms with Crippen LogP contribution in [0.2, 0.25) is 5.02 Å². The molecule has 2 amide bonds. The van der Waals surface area contributed by atoms with Crippen molar-refractivity contribution < 1.29 is 18.7 Å². The maximum atomic E-state index is 13.4. The van der Waals surface area contributed by atoms with Crippen molar-refractivity contribution in [2.24, 2.45) is 0 Å². The number of allylic oxidation sites excluding steroid dienone is 2. The molecule has 1 heterocycles. The Hall–Kier alpha value is -2.54. The minimum Gasteiger partial charge on any atom is -0.484 e. The molecule has 1 aromatic carbocycles. The summed E-state index contributed by atoms with van der Waals surface area (Å²) >= 11 is 5.62. The van der Waals surface area contributed by atoms with Crippen LogP contribution in [0.5, 0.6) is 5.75 Å². The van der Waals surface area contributed by atoms with E-state index in [0.29, 0.717) is 19.3 Å². The third-order valence-corrected chi connectivity index (χ3v) is 5.72. The van der Waals surface area contributed by atoms with Crippen LogP contribution in [0, 0.1) is 5.82 Å². The molecule has 1 atom stereocenters. The van der Waals surface area contributed by atoms with Gasteiger partial charge in [0.1, 0.15) is 17.6 Å². The largest absolute Gasteiger partial charge is 0.484 e. The Kier molecular flexibility index (Phi) is 4.57. The highest BCUT2D eigenvalue weighted by Gasteiger charge is 2.69. The zero-order chi connectivity index (χ0) is 19.9. The summed E-state index contributed by atoms with van der Waals surface area (Å²) in [5.74, 6) is -0.680. The third kappa shape index (κ3) is 3.58. The van der Waals surface area contributed by atoms with Gasteiger partial charge in [-0.15, -0.1) is 0 Å². The van der Waals surface area contributed by atoms with E-state index < -0.39 is 5.82 Å². The number of ether oxygens (including phenoxy) is 1. The summed E-state index contributed by atoms with van der Waals surface area (Å²) in [6, 6.07) is 3.67. The van der Waals surface area contributed by atoms with Gasteiger partial charge in [-0.25, -0.2) is 4.39 Å². The molecule has 28 heavy (non-hydrogen) atoms. The molecular weight excluding hydrogens is 385 g/mol. The average Bonchev–Trinajstić information content (AvgIpc) is 2.60. The second kappa shape index (κ2) is 6.81. The van der Waals surface area contributed by atoms with Gasteiger partial charge in [0.05, 0.1) is 5.02 Å². The van der Waals surface area contributed by atoms with Gasteiger partial charge >= 0.3 is 0 Å². The number of hydrogen-bond donors (Lipinski definition) is 3. The second-order valence-corrected chi connectivity index (χ2v) is 8.29. The number of hydrogen-bond acceptors (Lipinski definition) is 4. The molecule has 3 saturated carbocycles. The lowest BCUT2D eigenvalue weighted by molar-refractivity contribution is -0.150. The summed E-state index contributed by atoms with van der Waals surface area (Å²) in [5.41, 5.74) is 0.571. The molecule has 148 valence electrons. The Morgan fingerprint density at radius 2 is 2.00 bits per heavy atom. The molecule has 0 saturated heterocycles. The monoisotopic (exact) mass is 405 g/mol. The lowest BCUT2D eigenvalue weighted by atomic mass is 9.44. The summed E-state index contributed by atoms with van der Waals surface area (Å²) in [6.07, 6.45) is 7.69. The first kappa shape index (κ1) is 18.8. The summed E-state index contributed by atoms with van der Waals surface area (Å²) in [5, 5.41) is 9.12. The molecule has 0 spiro atoms. The van der Waals surface area contributed by atoms with Crippen molar-refractivity contribution in [3.05, 3.63) is 53.0 Å². The van der Waals surface area contributed by atoms with E-state index in [-0.39, 0.29) is 46.3 Å². The Morgan fingerprint density at radius 1 is 1.29 bits per heavy atom. The Bertz CT molecular complexity index is 879. The van der Waals surface area contributed by atoms with Crippen molar-refractivity contribution in [3.63, 3.8) is 0 Å². The fourth-order valence-electron chi connectivity index (χ4n) is 4.18. The number of nitrogens with one attached hydrogen (secondary N) is 3. The Morgan fingerprint density at radius 3 is 2.64 bits per heavy atom. The highest BCUT2D eigenvalue weighted by Crippen LogP contribution is 2.60. The number of carbonyl (C=O) groups excluding carboxylic acids is 2. The van der Waals surface area contributed by atoms with Crippen LogP contribution in [0.15, 0.2) is 42.1 Å². The minimum absolute atomic E-state index is 0.00286. The van der Waals surface area contributed by atoms with Crippen molar-refractivity contribution in [1.29, 1.82) is 0 Å². The van der Waals surface area contributed by atoms with E-state index in [1.54, 1.807) is 0 Å². The van der Waals surface area contributed by atoms with Gasteiger partial charge in [0.25, 0.3) is 5.91 Å². The van der Waals surface area contributed by atoms with Crippen molar-refractivity contribution in [2.45, 2.75) is 43.3 Å². The summed E-state index contributed by atoms with van der Waals surface area (Å²) in [7, 11) is 0. The fourth-order valence-corrected chi connectivity index (χ4v) is 4.29. The van der Waals surface area contributed by atoms with Gasteiger partial charge in [0.15, 0.2) is 6.61 Å². The predicted octanol–water partition coefficient (Wildman–Crippen LogP) is 2.20. The van der Waals surface area contributed by atoms with E-state index in [2.05, 4.69) is 16.0 Å². The molecule has 3 fully saturated rings. The van der Waals surface area contributed by atoms with E-state index in [1.165, 1.54) is 12.1 Å². The van der Waals surface area contributed by atoms with Gasteiger partial charge < -0.3 is 20.7 Å². The fraction of sp³-hybridized carbons (Fsp3) is 0.400. The second-order valence-electron chi connectivity index (χ2n) is 7.88. The van der Waals surface area contributed by atoms with E-state index in [1.807, 2.05) is 25.3 Å². The molecule has 6 nitrogen and oxygen atoms in total. The van der Waals surface area contributed by atoms with Crippen molar-refractivity contribution in [2.75, 3.05) is 6.61 Å². The van der Waals surface area contributed by atoms with Crippen LogP contribution in [-0.2, 0) is 9.59 Å². The molecule has 0 radical (unpaired) electrons. The van der Waals surface area contributed by atoms with E-state index >= 15 is 0 Å². The standard InChI is InChI=1S/C20H21ClFN3O3/c1-12-2-5-16(23-7-12)18(27)25-20-9-19(10-20,11-20)24-17(26)8-28-13-3-4-14(21)15(22)6-13/h2-7,16,23H,8-11H2,1H3,(H,24,26)(H,25,27). The summed E-state index contributed by atoms with van der Waals surface area (Å²) in [6.45, 7) is 1.75. The first-order valence-corrected chi connectivity index (χ1v) is 9.48. The normalized spacial score (nSPS) is 29.5. The number of rotatable bonds is 6. The molecule has 4 aliphatic rings. The van der Waals surface area contributed by atoms with Gasteiger partial charge in [0, 0.05) is 23.3 Å². The molecular formula is C20H21ClFN3O3. The quantitative estimate of drug-likeness (QED) is 0.678. The molecule has 2 bridgehead atoms. The van der Waals surface area contributed by atoms with Crippen LogP contribution in [-0.4, -0.2) is 35.5 Å². The van der Waals surface area contributed by atoms with Crippen molar-refractivity contribution >= 4 is 23.4 Å². The van der Waals surface area contributed by atoms with Crippen LogP contribution >= 0.6 is 11.6 Å². The maximum absolute atomic E-state index is 13.4. The number of carbonyl (C=O) groups is 2. The SMILES string of the molecule is CC1=CNC(C(=O)NC23CC(NC(=O)COc4ccc(Cl)c(F)c4)(C2)C3)C=C1. The smallest absolute Gasteiger partial charge is 0.258 e. The van der Waals surface area contributed by atoms with E-state index in [4.69, 9.17) is 16.3 Å². The zero-order valence-corrected chi connectivity index (χ0v) is 16.1. The molecule has 3 aliphatic carbocycles. The maximum Gasteiger partial charge on any atom is 0.258 e. The first-order valence-electron chi connectivity index (χ1n) is 9.10. The molecule has 5 rings (SSSR count). The van der Waals surface area contributed by atoms with Gasteiger partial charge in [-0.05, 0) is 43.9 Å². The van der Waals surface area contributed by atoms with Crippen LogP contribution in [0.4, 0.5) is 4.39 Å². The van der Waals surface area contributed by atoms with Crippen molar-refractivity contribution in [1.82, 2.24) is 16.0 Å². The van der Waals surface area contributed by atoms with Gasteiger partial charge in [0.2, 0.25) is 5.91 Å². The van der Waals surface area contributed by atoms with Gasteiger partial charge in [-0.2, -0.15) is 0 Å². The number of benzene rings is 1. The van der Waals surface area contributed by atoms with E-state index in [9.17, 15) is 14.0 Å². The van der Waals surface area contributed by atoms with Crippen LogP contribution < -0.4 is 20.7 Å². The third-order valence-electron chi connectivity index (χ3n) is 5.41. The Labute approximate surface area is 167 Å². The van der Waals surface area contributed by atoms with Crippen LogP contribution in [0.25, 0.3) is 0 Å². The highest BCUT2D eigenvalue weighted by atomic mass is 35.5. The average molecular weight is 406 g/mol. The molecule has 1 aromatic rings. The zero-order valence-electron chi connectivity index (χ0n) is 15.4. The molecule has 0 aromatic heterocycles. The molecule has 8 heteroatoms. The lowest BCUT2D eigenvalue weighted by Gasteiger charge is -2.70. The summed E-state index contributed by atoms with van der Waals surface area (Å²) in [4.78, 5) is 24.5. The number of halogens is 2. The first-order chi connectivity index (χ1) is 13.3. The molecule has 1 aliphatic heterocycles. The topological polar surface area (TPSA) is 79.5 Å². The lowest BCUT2D eigenvalue weighted by Crippen LogP contribution is -2.84. The van der Waals surface area contributed by atoms with Crippen LogP contribution in [0.1, 0.15) is 26.2 Å². The van der Waals surface area contributed by atoms with Crippen molar-refractivity contribution in [3.8, 4) is 5.75 Å². The summed E-state index contributed by atoms with van der Waals surface area (Å²) < 4.78 is 18.7. The Balaban J connectivity index is 1.21. The molecule has 1 unspecified atom stereocenters.